The summed E-state index contributed by atoms with van der Waals surface area (Å²) < 4.78 is 6.59. The fourth-order valence-corrected chi connectivity index (χ4v) is 1.80. The van der Waals surface area contributed by atoms with Crippen LogP contribution in [0.4, 0.5) is 0 Å². The molecule has 0 radical (unpaired) electrons. The number of rotatable bonds is 3. The Morgan fingerprint density at radius 2 is 2.25 bits per heavy atom. The molecule has 0 amide bonds. The summed E-state index contributed by atoms with van der Waals surface area (Å²) in [6, 6.07) is 5.80. The molecular formula is C11H13BrN2O2. The Kier molecular flexibility index (Phi) is 3.16. The van der Waals surface area contributed by atoms with Gasteiger partial charge in [-0.05, 0) is 24.7 Å². The van der Waals surface area contributed by atoms with Crippen LogP contribution in [0, 0.1) is 0 Å². The normalized spacial score (nSPS) is 11.5. The van der Waals surface area contributed by atoms with Gasteiger partial charge in [-0.25, -0.2) is 4.79 Å². The second-order valence-corrected chi connectivity index (χ2v) is 4.36. The second-order valence-electron chi connectivity index (χ2n) is 3.86. The molecule has 5 heteroatoms. The zero-order valence-corrected chi connectivity index (χ0v) is 10.8. The third-order valence-electron chi connectivity index (χ3n) is 2.51. The predicted molar refractivity (Wildman–Crippen MR) is 66.7 cm³/mol. The number of fused-ring (bicyclic) bond motifs is 1. The van der Waals surface area contributed by atoms with Crippen molar-refractivity contribution in [2.75, 3.05) is 12.5 Å². The van der Waals surface area contributed by atoms with Crippen molar-refractivity contribution in [3.63, 3.8) is 0 Å². The van der Waals surface area contributed by atoms with E-state index in [9.17, 15) is 4.79 Å². The van der Waals surface area contributed by atoms with Gasteiger partial charge in [0.2, 0.25) is 0 Å². The van der Waals surface area contributed by atoms with Crippen molar-refractivity contribution in [2.45, 2.75) is 6.54 Å². The lowest BCUT2D eigenvalue weighted by atomic mass is 10.2. The number of hydrogen-bond acceptors (Lipinski definition) is 3. The van der Waals surface area contributed by atoms with Gasteiger partial charge in [0.1, 0.15) is 0 Å². The first kappa shape index (κ1) is 11.4. The zero-order valence-electron chi connectivity index (χ0n) is 9.24. The SMILES string of the molecule is CN(CBr)Cc1ccc2oc(=O)n(C)c2c1. The predicted octanol–water partition coefficient (Wildman–Crippen LogP) is 1.92. The highest BCUT2D eigenvalue weighted by atomic mass is 79.9. The number of hydrogen-bond donors (Lipinski definition) is 0. The van der Waals surface area contributed by atoms with Gasteiger partial charge >= 0.3 is 5.76 Å². The van der Waals surface area contributed by atoms with Crippen molar-refractivity contribution in [3.8, 4) is 0 Å². The highest BCUT2D eigenvalue weighted by Gasteiger charge is 2.07. The molecule has 0 fully saturated rings. The van der Waals surface area contributed by atoms with E-state index in [0.717, 1.165) is 23.1 Å². The molecule has 0 spiro atoms. The first-order valence-corrected chi connectivity index (χ1v) is 6.07. The summed E-state index contributed by atoms with van der Waals surface area (Å²) in [4.78, 5) is 13.4. The van der Waals surface area contributed by atoms with Gasteiger partial charge in [0.05, 0.1) is 11.0 Å². The van der Waals surface area contributed by atoms with Gasteiger partial charge in [-0.15, -0.1) is 0 Å². The van der Waals surface area contributed by atoms with Crippen LogP contribution in [0.1, 0.15) is 5.56 Å². The Balaban J connectivity index is 2.43. The number of aryl methyl sites for hydroxylation is 1. The van der Waals surface area contributed by atoms with Crippen molar-refractivity contribution >= 4 is 27.0 Å². The van der Waals surface area contributed by atoms with Crippen molar-refractivity contribution in [2.24, 2.45) is 7.05 Å². The largest absolute Gasteiger partial charge is 0.419 e. The van der Waals surface area contributed by atoms with Gasteiger partial charge in [-0.2, -0.15) is 0 Å². The monoisotopic (exact) mass is 284 g/mol. The number of aromatic nitrogens is 1. The van der Waals surface area contributed by atoms with Crippen LogP contribution in [0.5, 0.6) is 0 Å². The zero-order chi connectivity index (χ0) is 11.7. The number of oxazole rings is 1. The molecule has 0 aliphatic rings. The highest BCUT2D eigenvalue weighted by molar-refractivity contribution is 9.09. The van der Waals surface area contributed by atoms with Crippen LogP contribution in [0.2, 0.25) is 0 Å². The Morgan fingerprint density at radius 1 is 1.50 bits per heavy atom. The highest BCUT2D eigenvalue weighted by Crippen LogP contribution is 2.15. The van der Waals surface area contributed by atoms with Crippen molar-refractivity contribution in [1.29, 1.82) is 0 Å². The van der Waals surface area contributed by atoms with Crippen LogP contribution in [0.25, 0.3) is 11.1 Å². The molecule has 1 aromatic carbocycles. The number of alkyl halides is 1. The van der Waals surface area contributed by atoms with Gasteiger partial charge < -0.3 is 4.42 Å². The molecule has 86 valence electrons. The quantitative estimate of drug-likeness (QED) is 0.639. The molecule has 4 nitrogen and oxygen atoms in total. The minimum absolute atomic E-state index is 0.319. The van der Waals surface area contributed by atoms with Gasteiger partial charge in [0, 0.05) is 13.6 Å². The molecule has 2 rings (SSSR count). The fourth-order valence-electron chi connectivity index (χ4n) is 1.62. The standard InChI is InChI=1S/C11H13BrN2O2/c1-13(7-12)6-8-3-4-10-9(5-8)14(2)11(15)16-10/h3-5H,6-7H2,1-2H3. The van der Waals surface area contributed by atoms with E-state index in [0.29, 0.717) is 5.58 Å². The number of benzene rings is 1. The summed E-state index contributed by atoms with van der Waals surface area (Å²) in [5, 5.41) is 0. The van der Waals surface area contributed by atoms with E-state index in [1.807, 2.05) is 25.2 Å². The molecule has 1 heterocycles. The third-order valence-corrected chi connectivity index (χ3v) is 3.37. The molecule has 0 atom stereocenters. The number of halogens is 1. The van der Waals surface area contributed by atoms with Crippen LogP contribution >= 0.6 is 15.9 Å². The molecule has 0 unspecified atom stereocenters. The average Bonchev–Trinajstić information content (AvgIpc) is 2.55. The summed E-state index contributed by atoms with van der Waals surface area (Å²) in [5.41, 5.74) is 3.45. The maximum Gasteiger partial charge on any atom is 0.419 e. The summed E-state index contributed by atoms with van der Waals surface area (Å²) in [7, 11) is 3.74. The summed E-state index contributed by atoms with van der Waals surface area (Å²) in [6.07, 6.45) is 0. The van der Waals surface area contributed by atoms with Crippen molar-refractivity contribution < 1.29 is 4.42 Å². The molecule has 2 aromatic rings. The van der Waals surface area contributed by atoms with E-state index in [2.05, 4.69) is 20.8 Å². The minimum Gasteiger partial charge on any atom is -0.408 e. The lowest BCUT2D eigenvalue weighted by Gasteiger charge is -2.12. The molecule has 0 saturated heterocycles. The Bertz CT molecular complexity index is 559. The molecule has 0 saturated carbocycles. The molecule has 0 bridgehead atoms. The van der Waals surface area contributed by atoms with Crippen LogP contribution < -0.4 is 5.76 Å². The van der Waals surface area contributed by atoms with Crippen LogP contribution in [0.3, 0.4) is 0 Å². The van der Waals surface area contributed by atoms with Gasteiger partial charge in [-0.3, -0.25) is 9.47 Å². The molecule has 0 aliphatic heterocycles. The Labute approximate surface area is 102 Å². The molecular weight excluding hydrogens is 272 g/mol. The smallest absolute Gasteiger partial charge is 0.408 e. The van der Waals surface area contributed by atoms with E-state index in [-0.39, 0.29) is 5.76 Å². The lowest BCUT2D eigenvalue weighted by Crippen LogP contribution is -2.15. The van der Waals surface area contributed by atoms with Gasteiger partial charge in [-0.1, -0.05) is 22.0 Å². The van der Waals surface area contributed by atoms with Gasteiger partial charge in [0.25, 0.3) is 0 Å². The summed E-state index contributed by atoms with van der Waals surface area (Å²) >= 11 is 3.39. The van der Waals surface area contributed by atoms with Crippen molar-refractivity contribution in [1.82, 2.24) is 9.47 Å². The number of nitrogens with zero attached hydrogens (tertiary/aromatic N) is 2. The fraction of sp³-hybridized carbons (Fsp3) is 0.364. The van der Waals surface area contributed by atoms with Crippen LogP contribution in [0.15, 0.2) is 27.4 Å². The van der Waals surface area contributed by atoms with Crippen LogP contribution in [-0.4, -0.2) is 22.0 Å². The molecule has 16 heavy (non-hydrogen) atoms. The van der Waals surface area contributed by atoms with Gasteiger partial charge in [0.15, 0.2) is 5.58 Å². The van der Waals surface area contributed by atoms with E-state index in [4.69, 9.17) is 4.42 Å². The third kappa shape index (κ3) is 2.05. The summed E-state index contributed by atoms with van der Waals surface area (Å²) in [5.74, 6) is -0.319. The first-order valence-electron chi connectivity index (χ1n) is 4.95. The summed E-state index contributed by atoms with van der Waals surface area (Å²) in [6.45, 7) is 0.834. The Morgan fingerprint density at radius 3 is 2.94 bits per heavy atom. The van der Waals surface area contributed by atoms with Crippen LogP contribution in [-0.2, 0) is 13.6 Å². The average molecular weight is 285 g/mol. The molecule has 0 N–H and O–H groups in total. The maximum absolute atomic E-state index is 11.3. The maximum atomic E-state index is 11.3. The lowest BCUT2D eigenvalue weighted by molar-refractivity contribution is 0.390. The van der Waals surface area contributed by atoms with E-state index >= 15 is 0 Å². The first-order chi connectivity index (χ1) is 7.61. The molecule has 0 aliphatic carbocycles. The topological polar surface area (TPSA) is 38.4 Å². The minimum atomic E-state index is -0.319. The van der Waals surface area contributed by atoms with Crippen molar-refractivity contribution in [3.05, 3.63) is 34.3 Å². The van der Waals surface area contributed by atoms with E-state index in [1.54, 1.807) is 7.05 Å². The van der Waals surface area contributed by atoms with E-state index in [1.165, 1.54) is 4.57 Å². The second kappa shape index (κ2) is 4.43. The van der Waals surface area contributed by atoms with E-state index < -0.39 is 0 Å². The molecule has 1 aromatic heterocycles. The Hall–Kier alpha value is -1.07.